The summed E-state index contributed by atoms with van der Waals surface area (Å²) in [6, 6.07) is 4.80. The van der Waals surface area contributed by atoms with Crippen LogP contribution < -0.4 is 4.74 Å². The Kier molecular flexibility index (Phi) is 3.87. The molecular weight excluding hydrogens is 264 g/mol. The molecule has 1 aliphatic rings. The quantitative estimate of drug-likeness (QED) is 0.655. The van der Waals surface area contributed by atoms with Crippen LogP contribution in [0.1, 0.15) is 15.9 Å². The van der Waals surface area contributed by atoms with Crippen LogP contribution in [0.25, 0.3) is 0 Å². The van der Waals surface area contributed by atoms with Gasteiger partial charge in [0.05, 0.1) is 12.7 Å². The van der Waals surface area contributed by atoms with Crippen LogP contribution in [0.5, 0.6) is 5.75 Å². The molecule has 1 heterocycles. The molecule has 1 atom stereocenters. The number of aryl methyl sites for hydroxylation is 1. The van der Waals surface area contributed by atoms with Gasteiger partial charge in [-0.25, -0.2) is 4.79 Å². The van der Waals surface area contributed by atoms with Gasteiger partial charge in [0.25, 0.3) is 0 Å². The highest BCUT2D eigenvalue weighted by molar-refractivity contribution is 5.93. The molecule has 0 aliphatic carbocycles. The third-order valence-corrected chi connectivity index (χ3v) is 2.79. The Balaban J connectivity index is 2.16. The zero-order valence-electron chi connectivity index (χ0n) is 11.1. The molecule has 0 aromatic heterocycles. The number of esters is 1. The second-order valence-electron chi connectivity index (χ2n) is 4.29. The Bertz CT molecular complexity index is 577. The maximum atomic E-state index is 12.0. The van der Waals surface area contributed by atoms with Gasteiger partial charge in [-0.1, -0.05) is 0 Å². The highest BCUT2D eigenvalue weighted by Gasteiger charge is 2.34. The van der Waals surface area contributed by atoms with Crippen molar-refractivity contribution in [1.29, 1.82) is 0 Å². The lowest BCUT2D eigenvalue weighted by atomic mass is 10.1. The standard InChI is InChI=1S/C14H14O6/c1-9-7-11(18-2)3-4-12(9)13(16)20-14(17)6-5-10(15)8-19-14/h3-7,17H,8H2,1-2H3. The van der Waals surface area contributed by atoms with Gasteiger partial charge in [0, 0.05) is 6.08 Å². The van der Waals surface area contributed by atoms with Gasteiger partial charge < -0.3 is 19.3 Å². The van der Waals surface area contributed by atoms with E-state index in [2.05, 4.69) is 0 Å². The van der Waals surface area contributed by atoms with E-state index in [1.807, 2.05) is 0 Å². The number of ketones is 1. The fraction of sp³-hybridized carbons (Fsp3) is 0.286. The summed E-state index contributed by atoms with van der Waals surface area (Å²) in [5.41, 5.74) is 0.905. The van der Waals surface area contributed by atoms with Crippen LogP contribution in [-0.4, -0.2) is 36.5 Å². The zero-order valence-corrected chi connectivity index (χ0v) is 11.1. The molecule has 0 fully saturated rings. The topological polar surface area (TPSA) is 82.1 Å². The van der Waals surface area contributed by atoms with Crippen molar-refractivity contribution in [2.45, 2.75) is 12.9 Å². The maximum Gasteiger partial charge on any atom is 0.349 e. The molecule has 20 heavy (non-hydrogen) atoms. The molecule has 6 heteroatoms. The fourth-order valence-electron chi connectivity index (χ4n) is 1.71. The smallest absolute Gasteiger partial charge is 0.349 e. The number of ether oxygens (including phenoxy) is 3. The highest BCUT2D eigenvalue weighted by atomic mass is 16.8. The highest BCUT2D eigenvalue weighted by Crippen LogP contribution is 2.22. The first-order valence-electron chi connectivity index (χ1n) is 5.90. The van der Waals surface area contributed by atoms with Crippen LogP contribution in [0.4, 0.5) is 0 Å². The van der Waals surface area contributed by atoms with Crippen molar-refractivity contribution in [3.05, 3.63) is 41.5 Å². The van der Waals surface area contributed by atoms with Gasteiger partial charge in [-0.05, 0) is 36.8 Å². The van der Waals surface area contributed by atoms with Gasteiger partial charge in [-0.15, -0.1) is 0 Å². The Labute approximate surface area is 115 Å². The normalized spacial score (nSPS) is 21.6. The summed E-state index contributed by atoms with van der Waals surface area (Å²) in [6.45, 7) is 1.37. The van der Waals surface area contributed by atoms with E-state index in [-0.39, 0.29) is 18.0 Å². The van der Waals surface area contributed by atoms with E-state index < -0.39 is 11.9 Å². The Morgan fingerprint density at radius 2 is 2.20 bits per heavy atom. The van der Waals surface area contributed by atoms with E-state index in [9.17, 15) is 14.7 Å². The van der Waals surface area contributed by atoms with Crippen LogP contribution in [0, 0.1) is 6.92 Å². The molecule has 0 radical (unpaired) electrons. The molecule has 2 rings (SSSR count). The predicted molar refractivity (Wildman–Crippen MR) is 68.2 cm³/mol. The average Bonchev–Trinajstić information content (AvgIpc) is 2.42. The number of benzene rings is 1. The van der Waals surface area contributed by atoms with Crippen molar-refractivity contribution in [1.82, 2.24) is 0 Å². The van der Waals surface area contributed by atoms with Crippen LogP contribution >= 0.6 is 0 Å². The molecule has 1 aliphatic heterocycles. The number of carbonyl (C=O) groups is 2. The van der Waals surface area contributed by atoms with E-state index >= 15 is 0 Å². The number of rotatable bonds is 3. The Hall–Kier alpha value is -2.18. The van der Waals surface area contributed by atoms with E-state index in [4.69, 9.17) is 14.2 Å². The molecule has 0 saturated carbocycles. The predicted octanol–water partition coefficient (Wildman–Crippen LogP) is 0.962. The van der Waals surface area contributed by atoms with Crippen LogP contribution in [0.2, 0.25) is 0 Å². The zero-order chi connectivity index (χ0) is 14.8. The van der Waals surface area contributed by atoms with Crippen molar-refractivity contribution in [3.8, 4) is 5.75 Å². The first-order valence-corrected chi connectivity index (χ1v) is 5.90. The monoisotopic (exact) mass is 278 g/mol. The minimum absolute atomic E-state index is 0.271. The molecule has 0 bridgehead atoms. The van der Waals surface area contributed by atoms with Gasteiger partial charge in [-0.3, -0.25) is 4.79 Å². The van der Waals surface area contributed by atoms with Crippen molar-refractivity contribution in [2.24, 2.45) is 0 Å². The van der Waals surface area contributed by atoms with Gasteiger partial charge in [0.2, 0.25) is 0 Å². The first-order chi connectivity index (χ1) is 9.43. The van der Waals surface area contributed by atoms with Crippen molar-refractivity contribution in [2.75, 3.05) is 13.7 Å². The van der Waals surface area contributed by atoms with Crippen LogP contribution in [0.3, 0.4) is 0 Å². The maximum absolute atomic E-state index is 12.0. The van der Waals surface area contributed by atoms with Gasteiger partial charge in [0.1, 0.15) is 12.4 Å². The third kappa shape index (κ3) is 3.04. The van der Waals surface area contributed by atoms with E-state index in [1.165, 1.54) is 13.2 Å². The van der Waals surface area contributed by atoms with Gasteiger partial charge >= 0.3 is 11.9 Å². The van der Waals surface area contributed by atoms with Gasteiger partial charge in [-0.2, -0.15) is 0 Å². The number of aliphatic hydroxyl groups is 1. The van der Waals surface area contributed by atoms with Crippen LogP contribution in [0.15, 0.2) is 30.4 Å². The molecule has 1 aromatic carbocycles. The molecule has 1 aromatic rings. The summed E-state index contributed by atoms with van der Waals surface area (Å²) >= 11 is 0. The number of carbonyl (C=O) groups excluding carboxylic acids is 2. The van der Waals surface area contributed by atoms with E-state index in [0.717, 1.165) is 12.2 Å². The summed E-state index contributed by atoms with van der Waals surface area (Å²) < 4.78 is 14.7. The number of methoxy groups -OCH3 is 1. The molecule has 0 saturated heterocycles. The summed E-state index contributed by atoms with van der Waals surface area (Å²) in [4.78, 5) is 23.0. The molecule has 0 spiro atoms. The second-order valence-corrected chi connectivity index (χ2v) is 4.29. The Morgan fingerprint density at radius 3 is 2.75 bits per heavy atom. The SMILES string of the molecule is COc1ccc(C(=O)OC2(O)C=CC(=O)CO2)c(C)c1. The number of hydrogen-bond acceptors (Lipinski definition) is 6. The minimum Gasteiger partial charge on any atom is -0.497 e. The lowest BCUT2D eigenvalue weighted by Crippen LogP contribution is -2.40. The fourth-order valence-corrected chi connectivity index (χ4v) is 1.71. The van der Waals surface area contributed by atoms with E-state index in [1.54, 1.807) is 19.1 Å². The van der Waals surface area contributed by atoms with Crippen molar-refractivity contribution < 1.29 is 28.9 Å². The third-order valence-electron chi connectivity index (χ3n) is 2.79. The summed E-state index contributed by atoms with van der Waals surface area (Å²) in [6.07, 6.45) is 2.10. The lowest BCUT2D eigenvalue weighted by molar-refractivity contribution is -0.298. The molecular formula is C14H14O6. The lowest BCUT2D eigenvalue weighted by Gasteiger charge is -2.26. The first kappa shape index (κ1) is 14.2. The molecule has 1 unspecified atom stereocenters. The van der Waals surface area contributed by atoms with Crippen LogP contribution in [-0.2, 0) is 14.3 Å². The van der Waals surface area contributed by atoms with E-state index in [0.29, 0.717) is 11.3 Å². The van der Waals surface area contributed by atoms with Crippen molar-refractivity contribution >= 4 is 11.8 Å². The van der Waals surface area contributed by atoms with Gasteiger partial charge in [0.15, 0.2) is 5.78 Å². The molecule has 106 valence electrons. The minimum atomic E-state index is -2.21. The largest absolute Gasteiger partial charge is 0.497 e. The summed E-state index contributed by atoms with van der Waals surface area (Å²) in [5, 5.41) is 9.88. The molecule has 6 nitrogen and oxygen atoms in total. The average molecular weight is 278 g/mol. The summed E-state index contributed by atoms with van der Waals surface area (Å²) in [5.74, 6) is -2.67. The molecule has 0 amide bonds. The second kappa shape index (κ2) is 5.44. The van der Waals surface area contributed by atoms with Crippen molar-refractivity contribution in [3.63, 3.8) is 0 Å². The number of hydrogen-bond donors (Lipinski definition) is 1. The molecule has 1 N–H and O–H groups in total. The summed E-state index contributed by atoms with van der Waals surface area (Å²) in [7, 11) is 1.52. The Morgan fingerprint density at radius 1 is 1.45 bits per heavy atom.